The molecule has 2 saturated carbocycles. The van der Waals surface area contributed by atoms with Crippen molar-refractivity contribution in [3.05, 3.63) is 41.0 Å². The second-order valence-corrected chi connectivity index (χ2v) is 8.33. The second-order valence-electron chi connectivity index (χ2n) is 8.33. The highest BCUT2D eigenvalue weighted by atomic mass is 19.4. The van der Waals surface area contributed by atoms with Crippen LogP contribution in [-0.4, -0.2) is 39.0 Å². The van der Waals surface area contributed by atoms with Crippen LogP contribution in [0.4, 0.5) is 32.0 Å². The van der Waals surface area contributed by atoms with Gasteiger partial charge in [0.2, 0.25) is 0 Å². The molecule has 0 saturated heterocycles. The number of hydrogen-bond donors (Lipinski definition) is 2. The summed E-state index contributed by atoms with van der Waals surface area (Å²) >= 11 is 0. The van der Waals surface area contributed by atoms with Gasteiger partial charge in [-0.3, -0.25) is 24.0 Å². The molecule has 0 atom stereocenters. The molecular weight excluding hydrogens is 472 g/mol. The summed E-state index contributed by atoms with van der Waals surface area (Å²) in [5, 5.41) is 6.36. The number of anilines is 1. The molecule has 2 aliphatic carbocycles. The summed E-state index contributed by atoms with van der Waals surface area (Å²) in [6, 6.07) is 2.38. The molecule has 2 fully saturated rings. The van der Waals surface area contributed by atoms with Crippen LogP contribution in [0, 0.1) is 5.92 Å². The van der Waals surface area contributed by atoms with Crippen LogP contribution in [0.25, 0.3) is 0 Å². The number of amides is 2. The molecule has 0 aromatic carbocycles. The third-order valence-electron chi connectivity index (χ3n) is 5.64. The normalized spacial score (nSPS) is 20.6. The minimum absolute atomic E-state index is 0.00932. The highest BCUT2D eigenvalue weighted by molar-refractivity contribution is 6.05. The van der Waals surface area contributed by atoms with Crippen molar-refractivity contribution in [2.75, 3.05) is 5.32 Å². The lowest BCUT2D eigenvalue weighted by atomic mass is 9.82. The van der Waals surface area contributed by atoms with E-state index >= 15 is 0 Å². The van der Waals surface area contributed by atoms with Crippen molar-refractivity contribution in [1.82, 2.24) is 14.8 Å². The van der Waals surface area contributed by atoms with E-state index in [1.54, 1.807) is 0 Å². The third-order valence-corrected chi connectivity index (χ3v) is 5.64. The number of nitrogens with one attached hydrogen (secondary N) is 1. The standard InChI is InChI=1S/C20H19F6N5O3/c21-19(22,23)14-15(10-1-2-10)30-31(8-9-5-12(6-9)34-20(24,25)26)16(14)18(33)29-11-3-4-28-13(7-11)17(27)32/h3-4,7,9-10,12H,1-2,5-6,8H2,(H2,27,32)(H,28,29,33)/t9-,12-. The van der Waals surface area contributed by atoms with E-state index in [2.05, 4.69) is 20.1 Å². The Morgan fingerprint density at radius 2 is 1.85 bits per heavy atom. The smallest absolute Gasteiger partial charge is 0.364 e. The van der Waals surface area contributed by atoms with E-state index in [9.17, 15) is 35.9 Å². The van der Waals surface area contributed by atoms with E-state index in [0.29, 0.717) is 12.8 Å². The van der Waals surface area contributed by atoms with Crippen LogP contribution in [-0.2, 0) is 17.5 Å². The van der Waals surface area contributed by atoms with Gasteiger partial charge in [0.25, 0.3) is 11.8 Å². The van der Waals surface area contributed by atoms with Crippen LogP contribution in [0.15, 0.2) is 18.3 Å². The maximum absolute atomic E-state index is 14.0. The van der Waals surface area contributed by atoms with Crippen LogP contribution >= 0.6 is 0 Å². The minimum Gasteiger partial charge on any atom is -0.364 e. The first-order valence-electron chi connectivity index (χ1n) is 10.3. The molecule has 3 N–H and O–H groups in total. The lowest BCUT2D eigenvalue weighted by molar-refractivity contribution is -0.354. The average molecular weight is 491 g/mol. The lowest BCUT2D eigenvalue weighted by Gasteiger charge is -2.35. The maximum Gasteiger partial charge on any atom is 0.522 e. The Labute approximate surface area is 188 Å². The lowest BCUT2D eigenvalue weighted by Crippen LogP contribution is -2.38. The van der Waals surface area contributed by atoms with Gasteiger partial charge in [0, 0.05) is 24.3 Å². The Balaban J connectivity index is 1.62. The first-order chi connectivity index (χ1) is 15.8. The number of pyridine rings is 1. The maximum atomic E-state index is 14.0. The first-order valence-corrected chi connectivity index (χ1v) is 10.3. The number of carbonyl (C=O) groups is 2. The zero-order valence-corrected chi connectivity index (χ0v) is 17.4. The third kappa shape index (κ3) is 5.32. The van der Waals surface area contributed by atoms with Gasteiger partial charge in [-0.15, -0.1) is 13.2 Å². The Hall–Kier alpha value is -3.16. The fourth-order valence-corrected chi connectivity index (χ4v) is 3.95. The molecule has 2 aromatic heterocycles. The number of nitrogens with two attached hydrogens (primary N) is 1. The fraction of sp³-hybridized carbons (Fsp3) is 0.500. The topological polar surface area (TPSA) is 112 Å². The highest BCUT2D eigenvalue weighted by Gasteiger charge is 2.47. The first kappa shape index (κ1) is 24.0. The number of halogens is 6. The van der Waals surface area contributed by atoms with Crippen LogP contribution in [0.3, 0.4) is 0 Å². The predicted molar refractivity (Wildman–Crippen MR) is 104 cm³/mol. The van der Waals surface area contributed by atoms with Gasteiger partial charge in [-0.25, -0.2) is 0 Å². The van der Waals surface area contributed by atoms with Gasteiger partial charge in [0.05, 0.1) is 11.8 Å². The van der Waals surface area contributed by atoms with Gasteiger partial charge in [0.15, 0.2) is 0 Å². The Morgan fingerprint density at radius 3 is 2.41 bits per heavy atom. The molecule has 0 unspecified atom stereocenters. The Bertz CT molecular complexity index is 1100. The Kier molecular flexibility index (Phi) is 6.04. The van der Waals surface area contributed by atoms with Crippen molar-refractivity contribution in [2.24, 2.45) is 11.7 Å². The zero-order chi connectivity index (χ0) is 24.8. The van der Waals surface area contributed by atoms with Crippen molar-refractivity contribution >= 4 is 17.5 Å². The molecule has 2 aromatic rings. The van der Waals surface area contributed by atoms with E-state index in [4.69, 9.17) is 5.73 Å². The van der Waals surface area contributed by atoms with Crippen LogP contribution in [0.5, 0.6) is 0 Å². The molecule has 2 aliphatic rings. The van der Waals surface area contributed by atoms with Gasteiger partial charge in [0.1, 0.15) is 17.0 Å². The Morgan fingerprint density at radius 1 is 1.18 bits per heavy atom. The predicted octanol–water partition coefficient (Wildman–Crippen LogP) is 3.84. The number of hydrogen-bond acceptors (Lipinski definition) is 5. The summed E-state index contributed by atoms with van der Waals surface area (Å²) in [6.07, 6.45) is -8.73. The molecule has 0 aliphatic heterocycles. The number of nitrogens with zero attached hydrogens (tertiary/aromatic N) is 3. The van der Waals surface area contributed by atoms with Gasteiger partial charge < -0.3 is 11.1 Å². The number of carbonyl (C=O) groups excluding carboxylic acids is 2. The fourth-order valence-electron chi connectivity index (χ4n) is 3.95. The van der Waals surface area contributed by atoms with Crippen molar-refractivity contribution in [2.45, 2.75) is 56.8 Å². The summed E-state index contributed by atoms with van der Waals surface area (Å²) in [4.78, 5) is 28.0. The molecule has 0 radical (unpaired) electrons. The van der Waals surface area contributed by atoms with Crippen molar-refractivity contribution in [3.8, 4) is 0 Å². The highest BCUT2D eigenvalue weighted by Crippen LogP contribution is 2.47. The number of rotatable bonds is 7. The van der Waals surface area contributed by atoms with Crippen LogP contribution in [0.2, 0.25) is 0 Å². The average Bonchev–Trinajstić information content (AvgIpc) is 3.45. The van der Waals surface area contributed by atoms with Crippen LogP contribution in [0.1, 0.15) is 63.8 Å². The van der Waals surface area contributed by atoms with E-state index in [1.807, 2.05) is 0 Å². The van der Waals surface area contributed by atoms with Crippen molar-refractivity contribution in [1.29, 1.82) is 0 Å². The monoisotopic (exact) mass is 491 g/mol. The number of alkyl halides is 6. The molecule has 8 nitrogen and oxygen atoms in total. The molecule has 14 heteroatoms. The number of ether oxygens (including phenoxy) is 1. The molecular formula is C20H19F6N5O3. The van der Waals surface area contributed by atoms with Crippen LogP contribution < -0.4 is 11.1 Å². The summed E-state index contributed by atoms with van der Waals surface area (Å²) in [6.45, 7) is -0.181. The molecule has 34 heavy (non-hydrogen) atoms. The zero-order valence-electron chi connectivity index (χ0n) is 17.4. The molecule has 184 valence electrons. The quantitative estimate of drug-likeness (QED) is 0.572. The largest absolute Gasteiger partial charge is 0.522 e. The van der Waals surface area contributed by atoms with Gasteiger partial charge in [-0.05, 0) is 43.7 Å². The number of aromatic nitrogens is 3. The van der Waals surface area contributed by atoms with Gasteiger partial charge in [-0.2, -0.15) is 18.3 Å². The van der Waals surface area contributed by atoms with E-state index < -0.39 is 53.6 Å². The van der Waals surface area contributed by atoms with E-state index in [-0.39, 0.29) is 36.5 Å². The molecule has 4 rings (SSSR count). The summed E-state index contributed by atoms with van der Waals surface area (Å²) in [5.41, 5.74) is 2.76. The summed E-state index contributed by atoms with van der Waals surface area (Å²) in [7, 11) is 0. The van der Waals surface area contributed by atoms with Crippen molar-refractivity contribution < 1.29 is 40.7 Å². The summed E-state index contributed by atoms with van der Waals surface area (Å²) in [5.74, 6) is -2.92. The molecule has 0 spiro atoms. The molecule has 2 amide bonds. The summed E-state index contributed by atoms with van der Waals surface area (Å²) < 4.78 is 84.0. The SMILES string of the molecule is NC(=O)c1cc(NC(=O)c2c(C(F)(F)F)c(C3CC3)nn2C[C@H]2C[C@H](OC(F)(F)F)C2)ccn1. The van der Waals surface area contributed by atoms with E-state index in [0.717, 1.165) is 16.9 Å². The number of primary amides is 1. The molecule has 2 heterocycles. The molecule has 0 bridgehead atoms. The van der Waals surface area contributed by atoms with Crippen molar-refractivity contribution in [3.63, 3.8) is 0 Å². The van der Waals surface area contributed by atoms with Gasteiger partial charge >= 0.3 is 12.5 Å². The second kappa shape index (κ2) is 8.56. The minimum atomic E-state index is -4.89. The van der Waals surface area contributed by atoms with Gasteiger partial charge in [-0.1, -0.05) is 0 Å². The van der Waals surface area contributed by atoms with E-state index in [1.165, 1.54) is 6.07 Å².